The van der Waals surface area contributed by atoms with Crippen LogP contribution in [-0.4, -0.2) is 67.3 Å². The van der Waals surface area contributed by atoms with E-state index in [-0.39, 0.29) is 58.9 Å². The van der Waals surface area contributed by atoms with Crippen LogP contribution in [0.5, 0.6) is 0 Å². The van der Waals surface area contributed by atoms with E-state index < -0.39 is 11.9 Å². The van der Waals surface area contributed by atoms with E-state index in [2.05, 4.69) is 4.89 Å². The third-order valence-electron chi connectivity index (χ3n) is 1.46. The summed E-state index contributed by atoms with van der Waals surface area (Å²) in [6, 6.07) is 5.44. The van der Waals surface area contributed by atoms with Gasteiger partial charge in [-0.25, -0.2) is 9.59 Å². The molecule has 104 valence electrons. The Morgan fingerprint density at radius 3 is 1.72 bits per heavy atom. The van der Waals surface area contributed by atoms with Gasteiger partial charge in [0.1, 0.15) is 0 Å². The molecule has 0 fully saturated rings. The van der Waals surface area contributed by atoms with Crippen LogP contribution >= 0.6 is 0 Å². The van der Waals surface area contributed by atoms with Gasteiger partial charge in [0, 0.05) is 0 Å². The Morgan fingerprint density at radius 1 is 1.00 bits per heavy atom. The molecule has 0 aliphatic rings. The van der Waals surface area contributed by atoms with E-state index >= 15 is 0 Å². The Kier molecular flexibility index (Phi) is 23.0. The van der Waals surface area contributed by atoms with Crippen molar-refractivity contribution in [2.45, 2.75) is 0 Å². The predicted molar refractivity (Wildman–Crippen MR) is 63.9 cm³/mol. The molecule has 1 aromatic carbocycles. The SMILES string of the molecule is O.O.O.O.O=C(O)c1ccccc1C(=O)OO.[H-].[H-].[Mg+2]. The molecule has 0 saturated carbocycles. The molecular weight excluding hydrogens is 264 g/mol. The number of carbonyl (C=O) groups excluding carboxylic acids is 1. The van der Waals surface area contributed by atoms with E-state index in [4.69, 9.17) is 10.4 Å². The van der Waals surface area contributed by atoms with Gasteiger partial charge in [0.05, 0.1) is 11.1 Å². The van der Waals surface area contributed by atoms with Crippen molar-refractivity contribution in [1.29, 1.82) is 0 Å². The Morgan fingerprint density at radius 2 is 1.39 bits per heavy atom. The predicted octanol–water partition coefficient (Wildman–Crippen LogP) is -2.44. The number of hydrogen-bond donors (Lipinski definition) is 2. The summed E-state index contributed by atoms with van der Waals surface area (Å²) in [7, 11) is 0. The van der Waals surface area contributed by atoms with Gasteiger partial charge >= 0.3 is 35.0 Å². The number of carboxylic acids is 1. The molecular formula is C8H16MgO9. The van der Waals surface area contributed by atoms with E-state index in [1.165, 1.54) is 24.3 Å². The fourth-order valence-corrected chi connectivity index (χ4v) is 0.897. The molecule has 0 aromatic heterocycles. The molecule has 10 heteroatoms. The largest absolute Gasteiger partial charge is 2.00 e. The summed E-state index contributed by atoms with van der Waals surface area (Å²) in [5.74, 6) is -2.33. The number of hydrogen-bond acceptors (Lipinski definition) is 4. The van der Waals surface area contributed by atoms with Crippen molar-refractivity contribution < 1.29 is 49.6 Å². The van der Waals surface area contributed by atoms with Crippen molar-refractivity contribution in [3.63, 3.8) is 0 Å². The second kappa shape index (κ2) is 13.8. The van der Waals surface area contributed by atoms with Gasteiger partial charge in [-0.15, -0.1) is 0 Å². The molecule has 0 atom stereocenters. The molecule has 18 heavy (non-hydrogen) atoms. The summed E-state index contributed by atoms with van der Waals surface area (Å²) in [6.45, 7) is 0. The van der Waals surface area contributed by atoms with Crippen LogP contribution in [0.25, 0.3) is 0 Å². The molecule has 1 aromatic rings. The third-order valence-corrected chi connectivity index (χ3v) is 1.46. The normalized spacial score (nSPS) is 6.72. The fourth-order valence-electron chi connectivity index (χ4n) is 0.897. The molecule has 0 radical (unpaired) electrons. The minimum atomic E-state index is -1.25. The topological polar surface area (TPSA) is 210 Å². The van der Waals surface area contributed by atoms with E-state index in [0.29, 0.717) is 0 Å². The van der Waals surface area contributed by atoms with E-state index in [1.54, 1.807) is 0 Å². The number of benzene rings is 1. The first-order chi connectivity index (χ1) is 6.16. The van der Waals surface area contributed by atoms with Crippen LogP contribution in [0.1, 0.15) is 23.6 Å². The molecule has 0 aliphatic carbocycles. The van der Waals surface area contributed by atoms with Gasteiger partial charge < -0.3 is 29.9 Å². The summed E-state index contributed by atoms with van der Waals surface area (Å²) < 4.78 is 0. The van der Waals surface area contributed by atoms with E-state index in [1.807, 2.05) is 0 Å². The summed E-state index contributed by atoms with van der Waals surface area (Å²) in [5, 5.41) is 16.7. The zero-order valence-corrected chi connectivity index (χ0v) is 10.5. The molecule has 1 rings (SSSR count). The van der Waals surface area contributed by atoms with Crippen LogP contribution in [0.15, 0.2) is 24.3 Å². The molecule has 0 aliphatic heterocycles. The maximum absolute atomic E-state index is 10.8. The monoisotopic (exact) mass is 280 g/mol. The number of carboxylic acid groups (broad SMARTS) is 1. The van der Waals surface area contributed by atoms with Crippen molar-refractivity contribution in [1.82, 2.24) is 0 Å². The van der Waals surface area contributed by atoms with Crippen LogP contribution < -0.4 is 0 Å². The zero-order chi connectivity index (χ0) is 9.84. The van der Waals surface area contributed by atoms with Crippen LogP contribution in [-0.2, 0) is 4.89 Å². The molecule has 9 nitrogen and oxygen atoms in total. The zero-order valence-electron chi connectivity index (χ0n) is 11.1. The average Bonchev–Trinajstić information content (AvgIpc) is 2.16. The van der Waals surface area contributed by atoms with Crippen molar-refractivity contribution in [3.8, 4) is 0 Å². The van der Waals surface area contributed by atoms with Gasteiger partial charge in [0.15, 0.2) is 0 Å². The summed E-state index contributed by atoms with van der Waals surface area (Å²) in [5.41, 5.74) is -0.390. The minimum Gasteiger partial charge on any atom is -1.00 e. The Hall–Kier alpha value is -1.27. The summed E-state index contributed by atoms with van der Waals surface area (Å²) in [6.07, 6.45) is 0. The van der Waals surface area contributed by atoms with Gasteiger partial charge in [-0.1, -0.05) is 12.1 Å². The Balaban J connectivity index is -0.0000000483. The van der Waals surface area contributed by atoms with E-state index in [0.717, 1.165) is 0 Å². The van der Waals surface area contributed by atoms with Crippen molar-refractivity contribution in [3.05, 3.63) is 35.4 Å². The maximum Gasteiger partial charge on any atom is 2.00 e. The van der Waals surface area contributed by atoms with Gasteiger partial charge in [0.25, 0.3) is 0 Å². The second-order valence-corrected chi connectivity index (χ2v) is 2.23. The van der Waals surface area contributed by atoms with Crippen LogP contribution in [0.2, 0.25) is 0 Å². The van der Waals surface area contributed by atoms with Crippen molar-refractivity contribution in [2.75, 3.05) is 0 Å². The quantitative estimate of drug-likeness (QED) is 0.342. The van der Waals surface area contributed by atoms with Crippen LogP contribution in [0, 0.1) is 0 Å². The fraction of sp³-hybridized carbons (Fsp3) is 0. The molecule has 0 unspecified atom stereocenters. The number of rotatable bonds is 2. The Bertz CT molecular complexity index is 364. The molecule has 0 spiro atoms. The maximum atomic E-state index is 10.8. The molecule has 0 bridgehead atoms. The molecule has 0 saturated heterocycles. The van der Waals surface area contributed by atoms with Crippen LogP contribution in [0.3, 0.4) is 0 Å². The first kappa shape index (κ1) is 30.1. The van der Waals surface area contributed by atoms with E-state index in [9.17, 15) is 9.59 Å². The number of carbonyl (C=O) groups is 2. The van der Waals surface area contributed by atoms with Crippen molar-refractivity contribution in [2.24, 2.45) is 0 Å². The standard InChI is InChI=1S/C8H6O5.Mg.4H2O.2H/c9-7(10)5-3-1-2-4-6(5)8(11)13-12;;;;;;;/h1-4,12H,(H,9,10);;4*1H2;;/q;+2;;;;;2*-1. The second-order valence-electron chi connectivity index (χ2n) is 2.23. The van der Waals surface area contributed by atoms with Gasteiger partial charge in [0.2, 0.25) is 0 Å². The first-order valence-electron chi connectivity index (χ1n) is 3.35. The number of aromatic carboxylic acids is 1. The minimum absolute atomic E-state index is 0. The van der Waals surface area contributed by atoms with Crippen molar-refractivity contribution >= 4 is 35.0 Å². The summed E-state index contributed by atoms with van der Waals surface area (Å²) >= 11 is 0. The third kappa shape index (κ3) is 7.13. The smallest absolute Gasteiger partial charge is 1.00 e. The van der Waals surface area contributed by atoms with Gasteiger partial charge in [-0.3, -0.25) is 4.89 Å². The summed E-state index contributed by atoms with van der Waals surface area (Å²) in [4.78, 5) is 24.8. The molecule has 10 N–H and O–H groups in total. The Labute approximate surface area is 120 Å². The molecule has 0 amide bonds. The first-order valence-corrected chi connectivity index (χ1v) is 3.35. The average molecular weight is 281 g/mol. The van der Waals surface area contributed by atoms with Crippen LogP contribution in [0.4, 0.5) is 0 Å². The van der Waals surface area contributed by atoms with Gasteiger partial charge in [-0.05, 0) is 12.1 Å². The molecule has 0 heterocycles. The van der Waals surface area contributed by atoms with Gasteiger partial charge in [-0.2, -0.15) is 5.26 Å².